The third-order valence-corrected chi connectivity index (χ3v) is 6.65. The second kappa shape index (κ2) is 5.08. The molecule has 1 aromatic rings. The molecule has 1 aromatic carbocycles. The van der Waals surface area contributed by atoms with Gasteiger partial charge < -0.3 is 14.6 Å². The summed E-state index contributed by atoms with van der Waals surface area (Å²) in [5, 5.41) is 3.48. The molecule has 1 atom stereocenters. The van der Waals surface area contributed by atoms with E-state index in [-0.39, 0.29) is 18.3 Å². The van der Waals surface area contributed by atoms with Crippen molar-refractivity contribution in [2.24, 2.45) is 5.41 Å². The van der Waals surface area contributed by atoms with Crippen molar-refractivity contribution in [2.75, 3.05) is 13.1 Å². The zero-order valence-electron chi connectivity index (χ0n) is 14.8. The zero-order chi connectivity index (χ0) is 16.3. The zero-order valence-corrected chi connectivity index (χ0v) is 14.8. The van der Waals surface area contributed by atoms with Crippen LogP contribution in [0.15, 0.2) is 24.3 Å². The minimum atomic E-state index is -0.272. The molecule has 3 aliphatic rings. The molecular weight excluding hydrogens is 285 g/mol. The SMILES string of the molecule is CC1(C)OB(c2ccc([C@H]3CC34CCNCC4)cc2)OC1(C)C. The van der Waals surface area contributed by atoms with Gasteiger partial charge in [-0.25, -0.2) is 0 Å². The molecule has 0 amide bonds. The number of benzene rings is 1. The molecule has 2 aliphatic heterocycles. The van der Waals surface area contributed by atoms with Gasteiger partial charge in [-0.15, -0.1) is 0 Å². The van der Waals surface area contributed by atoms with Crippen molar-refractivity contribution >= 4 is 12.6 Å². The average Bonchev–Trinajstić information content (AvgIpc) is 3.13. The van der Waals surface area contributed by atoms with Crippen LogP contribution in [0.5, 0.6) is 0 Å². The van der Waals surface area contributed by atoms with Crippen LogP contribution in [0.25, 0.3) is 0 Å². The number of hydrogen-bond acceptors (Lipinski definition) is 3. The van der Waals surface area contributed by atoms with Gasteiger partial charge in [-0.2, -0.15) is 0 Å². The molecule has 1 spiro atoms. The fraction of sp³-hybridized carbons (Fsp3) is 0.684. The minimum Gasteiger partial charge on any atom is -0.399 e. The number of hydrogen-bond donors (Lipinski definition) is 1. The predicted octanol–water partition coefficient (Wildman–Crippen LogP) is 2.84. The Morgan fingerprint density at radius 2 is 1.52 bits per heavy atom. The fourth-order valence-electron chi connectivity index (χ4n) is 4.16. The second-order valence-electron chi connectivity index (χ2n) is 8.62. The summed E-state index contributed by atoms with van der Waals surface area (Å²) in [5.74, 6) is 0.761. The van der Waals surface area contributed by atoms with Gasteiger partial charge in [0.2, 0.25) is 0 Å². The van der Waals surface area contributed by atoms with Crippen LogP contribution in [0.3, 0.4) is 0 Å². The highest BCUT2D eigenvalue weighted by Crippen LogP contribution is 2.64. The van der Waals surface area contributed by atoms with E-state index >= 15 is 0 Å². The van der Waals surface area contributed by atoms with Crippen molar-refractivity contribution in [3.05, 3.63) is 29.8 Å². The van der Waals surface area contributed by atoms with Gasteiger partial charge in [0.25, 0.3) is 0 Å². The second-order valence-corrected chi connectivity index (χ2v) is 8.62. The van der Waals surface area contributed by atoms with E-state index in [1.807, 2.05) is 0 Å². The minimum absolute atomic E-state index is 0.249. The maximum Gasteiger partial charge on any atom is 0.494 e. The number of piperidine rings is 1. The molecule has 0 aromatic heterocycles. The standard InChI is InChI=1S/C19H28BNO2/c1-17(2)18(3,4)23-20(22-17)15-7-5-14(6-8-15)16-13-19(16)9-11-21-12-10-19/h5-8,16,21H,9-13H2,1-4H3/t16-/m1/s1. The highest BCUT2D eigenvalue weighted by Gasteiger charge is 2.54. The quantitative estimate of drug-likeness (QED) is 0.852. The third kappa shape index (κ3) is 2.55. The van der Waals surface area contributed by atoms with Gasteiger partial charge in [0, 0.05) is 0 Å². The molecule has 3 fully saturated rings. The monoisotopic (exact) mass is 313 g/mol. The van der Waals surface area contributed by atoms with Gasteiger partial charge in [0.15, 0.2) is 0 Å². The Morgan fingerprint density at radius 1 is 0.957 bits per heavy atom. The molecule has 1 saturated carbocycles. The lowest BCUT2D eigenvalue weighted by Crippen LogP contribution is -2.41. The molecule has 4 rings (SSSR count). The van der Waals surface area contributed by atoms with Crippen molar-refractivity contribution in [1.29, 1.82) is 0 Å². The van der Waals surface area contributed by atoms with Gasteiger partial charge in [-0.3, -0.25) is 0 Å². The van der Waals surface area contributed by atoms with Crippen molar-refractivity contribution < 1.29 is 9.31 Å². The summed E-state index contributed by atoms with van der Waals surface area (Å²) in [6.45, 7) is 10.8. The number of nitrogens with one attached hydrogen (secondary N) is 1. The van der Waals surface area contributed by atoms with Crippen LogP contribution in [0.2, 0.25) is 0 Å². The Morgan fingerprint density at radius 3 is 2.09 bits per heavy atom. The van der Waals surface area contributed by atoms with E-state index < -0.39 is 0 Å². The van der Waals surface area contributed by atoms with E-state index in [0.29, 0.717) is 5.41 Å². The van der Waals surface area contributed by atoms with E-state index in [2.05, 4.69) is 57.3 Å². The first kappa shape index (κ1) is 15.7. The summed E-state index contributed by atoms with van der Waals surface area (Å²) in [6, 6.07) is 8.98. The molecule has 4 heteroatoms. The lowest BCUT2D eigenvalue weighted by Gasteiger charge is -2.32. The molecule has 124 valence electrons. The van der Waals surface area contributed by atoms with E-state index in [1.54, 1.807) is 0 Å². The first-order valence-electron chi connectivity index (χ1n) is 8.99. The summed E-state index contributed by atoms with van der Waals surface area (Å²) >= 11 is 0. The van der Waals surface area contributed by atoms with Crippen LogP contribution >= 0.6 is 0 Å². The maximum atomic E-state index is 6.15. The van der Waals surface area contributed by atoms with Crippen LogP contribution in [0.4, 0.5) is 0 Å². The van der Waals surface area contributed by atoms with E-state index in [4.69, 9.17) is 9.31 Å². The molecule has 0 radical (unpaired) electrons. The van der Waals surface area contributed by atoms with Crippen LogP contribution in [-0.4, -0.2) is 31.4 Å². The summed E-state index contributed by atoms with van der Waals surface area (Å²) in [6.07, 6.45) is 4.03. The van der Waals surface area contributed by atoms with E-state index in [1.165, 1.54) is 37.9 Å². The first-order chi connectivity index (χ1) is 10.8. The van der Waals surface area contributed by atoms with Gasteiger partial charge in [0.05, 0.1) is 11.2 Å². The molecule has 3 nitrogen and oxygen atoms in total. The smallest absolute Gasteiger partial charge is 0.399 e. The molecule has 1 N–H and O–H groups in total. The molecule has 2 saturated heterocycles. The summed E-state index contributed by atoms with van der Waals surface area (Å²) in [4.78, 5) is 0. The van der Waals surface area contributed by atoms with Crippen molar-refractivity contribution in [3.63, 3.8) is 0 Å². The Labute approximate surface area is 140 Å². The van der Waals surface area contributed by atoms with Crippen LogP contribution in [-0.2, 0) is 9.31 Å². The summed E-state index contributed by atoms with van der Waals surface area (Å²) < 4.78 is 12.3. The van der Waals surface area contributed by atoms with Gasteiger partial charge in [-0.1, -0.05) is 24.3 Å². The molecule has 0 unspecified atom stereocenters. The third-order valence-electron chi connectivity index (χ3n) is 6.65. The lowest BCUT2D eigenvalue weighted by atomic mass is 9.78. The highest BCUT2D eigenvalue weighted by atomic mass is 16.7. The first-order valence-corrected chi connectivity index (χ1v) is 8.99. The average molecular weight is 313 g/mol. The maximum absolute atomic E-state index is 6.15. The molecule has 23 heavy (non-hydrogen) atoms. The van der Waals surface area contributed by atoms with Crippen molar-refractivity contribution in [3.8, 4) is 0 Å². The Hall–Kier alpha value is -0.835. The van der Waals surface area contributed by atoms with Crippen LogP contribution in [0.1, 0.15) is 58.4 Å². The van der Waals surface area contributed by atoms with Crippen molar-refractivity contribution in [2.45, 2.75) is 64.1 Å². The summed E-state index contributed by atoms with van der Waals surface area (Å²) in [5.41, 5.74) is 2.68. The van der Waals surface area contributed by atoms with Gasteiger partial charge in [-0.05, 0) is 82.4 Å². The number of rotatable bonds is 2. The molecule has 0 bridgehead atoms. The summed E-state index contributed by atoms with van der Waals surface area (Å²) in [7, 11) is -0.249. The van der Waals surface area contributed by atoms with Gasteiger partial charge >= 0.3 is 7.12 Å². The predicted molar refractivity (Wildman–Crippen MR) is 94.1 cm³/mol. The molecule has 1 aliphatic carbocycles. The van der Waals surface area contributed by atoms with Crippen molar-refractivity contribution in [1.82, 2.24) is 5.32 Å². The van der Waals surface area contributed by atoms with Crippen LogP contribution in [0, 0.1) is 5.41 Å². The van der Waals surface area contributed by atoms with E-state index in [9.17, 15) is 0 Å². The highest BCUT2D eigenvalue weighted by molar-refractivity contribution is 6.62. The van der Waals surface area contributed by atoms with Gasteiger partial charge in [0.1, 0.15) is 0 Å². The fourth-order valence-corrected chi connectivity index (χ4v) is 4.16. The Bertz CT molecular complexity index is 574. The normalized spacial score (nSPS) is 30.6. The molecule has 2 heterocycles. The van der Waals surface area contributed by atoms with Crippen LogP contribution < -0.4 is 10.8 Å². The van der Waals surface area contributed by atoms with E-state index in [0.717, 1.165) is 11.4 Å². The Kier molecular flexibility index (Phi) is 3.46. The Balaban J connectivity index is 1.48. The topological polar surface area (TPSA) is 30.5 Å². The molecular formula is C19H28BNO2. The largest absolute Gasteiger partial charge is 0.494 e. The lowest BCUT2D eigenvalue weighted by molar-refractivity contribution is 0.00578.